The predicted molar refractivity (Wildman–Crippen MR) is 70.9 cm³/mol. The number of hydrogen-bond donors (Lipinski definition) is 2. The van der Waals surface area contributed by atoms with Gasteiger partial charge in [0.05, 0.1) is 32.0 Å². The van der Waals surface area contributed by atoms with Gasteiger partial charge in [-0.15, -0.1) is 0 Å². The first-order chi connectivity index (χ1) is 9.34. The van der Waals surface area contributed by atoms with Crippen LogP contribution in [-0.4, -0.2) is 60.0 Å². The van der Waals surface area contributed by atoms with Crippen LogP contribution in [0.15, 0.2) is 18.5 Å². The number of aliphatic hydroxyl groups excluding tert-OH is 1. The number of nitrogens with one attached hydrogen (secondary N) is 1. The highest BCUT2D eigenvalue weighted by Gasteiger charge is 2.15. The summed E-state index contributed by atoms with van der Waals surface area (Å²) in [6.07, 6.45) is 5.61. The molecule has 1 aliphatic heterocycles. The molecule has 1 saturated heterocycles. The van der Waals surface area contributed by atoms with E-state index in [4.69, 9.17) is 9.47 Å². The van der Waals surface area contributed by atoms with Crippen LogP contribution in [-0.2, 0) is 16.0 Å². The van der Waals surface area contributed by atoms with Crippen molar-refractivity contribution in [2.45, 2.75) is 31.6 Å². The smallest absolute Gasteiger partial charge is 0.0897 e. The van der Waals surface area contributed by atoms with Gasteiger partial charge in [-0.1, -0.05) is 0 Å². The van der Waals surface area contributed by atoms with Gasteiger partial charge in [0.25, 0.3) is 0 Å². The largest absolute Gasteiger partial charge is 0.389 e. The van der Waals surface area contributed by atoms with Gasteiger partial charge in [0.2, 0.25) is 0 Å². The van der Waals surface area contributed by atoms with Crippen LogP contribution in [0.25, 0.3) is 0 Å². The molecule has 0 saturated carbocycles. The maximum absolute atomic E-state index is 9.73. The third-order valence-electron chi connectivity index (χ3n) is 3.09. The van der Waals surface area contributed by atoms with Crippen molar-refractivity contribution in [3.8, 4) is 0 Å². The van der Waals surface area contributed by atoms with E-state index >= 15 is 0 Å². The lowest BCUT2D eigenvalue weighted by molar-refractivity contribution is -0.0164. The van der Waals surface area contributed by atoms with Crippen molar-refractivity contribution in [2.24, 2.45) is 0 Å². The third-order valence-corrected chi connectivity index (χ3v) is 3.09. The molecule has 0 amide bonds. The third kappa shape index (κ3) is 5.69. The Bertz CT molecular complexity index is 326. The van der Waals surface area contributed by atoms with Gasteiger partial charge in [0.15, 0.2) is 0 Å². The number of aromatic nitrogens is 2. The highest BCUT2D eigenvalue weighted by molar-refractivity contribution is 4.77. The normalized spacial score (nSPS) is 20.8. The second-order valence-electron chi connectivity index (χ2n) is 4.80. The van der Waals surface area contributed by atoms with E-state index in [-0.39, 0.29) is 6.10 Å². The van der Waals surface area contributed by atoms with Crippen molar-refractivity contribution in [2.75, 3.05) is 32.9 Å². The van der Waals surface area contributed by atoms with E-state index < -0.39 is 6.10 Å². The van der Waals surface area contributed by atoms with E-state index in [1.54, 1.807) is 6.20 Å². The highest BCUT2D eigenvalue weighted by Crippen LogP contribution is 2.11. The maximum Gasteiger partial charge on any atom is 0.0897 e. The van der Waals surface area contributed by atoms with Crippen molar-refractivity contribution in [3.63, 3.8) is 0 Å². The minimum absolute atomic E-state index is 0.222. The fourth-order valence-electron chi connectivity index (χ4n) is 2.07. The number of ether oxygens (including phenoxy) is 2. The number of nitrogens with zero attached hydrogens (tertiary/aromatic N) is 2. The first-order valence-corrected chi connectivity index (χ1v) is 6.90. The fraction of sp³-hybridized carbons (Fsp3) is 0.769. The molecular formula is C13H23N3O3. The van der Waals surface area contributed by atoms with Crippen molar-refractivity contribution >= 4 is 0 Å². The van der Waals surface area contributed by atoms with Gasteiger partial charge < -0.3 is 19.9 Å². The quantitative estimate of drug-likeness (QED) is 0.619. The summed E-state index contributed by atoms with van der Waals surface area (Å²) in [5.41, 5.74) is 0. The van der Waals surface area contributed by atoms with E-state index in [0.717, 1.165) is 32.5 Å². The van der Waals surface area contributed by atoms with Crippen LogP contribution in [0, 0.1) is 0 Å². The van der Waals surface area contributed by atoms with Crippen LogP contribution in [0.4, 0.5) is 0 Å². The first-order valence-electron chi connectivity index (χ1n) is 6.90. The molecule has 2 atom stereocenters. The van der Waals surface area contributed by atoms with Crippen LogP contribution < -0.4 is 5.32 Å². The average molecular weight is 269 g/mol. The molecule has 108 valence electrons. The summed E-state index contributed by atoms with van der Waals surface area (Å²) >= 11 is 0. The van der Waals surface area contributed by atoms with Crippen LogP contribution in [0.1, 0.15) is 12.8 Å². The zero-order valence-electron chi connectivity index (χ0n) is 11.2. The van der Waals surface area contributed by atoms with E-state index in [2.05, 4.69) is 10.4 Å². The lowest BCUT2D eigenvalue weighted by atomic mass is 10.2. The van der Waals surface area contributed by atoms with Gasteiger partial charge in [0, 0.05) is 32.1 Å². The molecule has 6 nitrogen and oxygen atoms in total. The first kappa shape index (κ1) is 14.5. The molecule has 0 bridgehead atoms. The molecule has 19 heavy (non-hydrogen) atoms. The van der Waals surface area contributed by atoms with Gasteiger partial charge >= 0.3 is 0 Å². The lowest BCUT2D eigenvalue weighted by Gasteiger charge is -2.14. The predicted octanol–water partition coefficient (Wildman–Crippen LogP) is 0.0292. The van der Waals surface area contributed by atoms with Crippen LogP contribution in [0.3, 0.4) is 0 Å². The zero-order valence-corrected chi connectivity index (χ0v) is 11.2. The topological polar surface area (TPSA) is 68.5 Å². The van der Waals surface area contributed by atoms with Gasteiger partial charge in [-0.2, -0.15) is 5.10 Å². The summed E-state index contributed by atoms with van der Waals surface area (Å²) < 4.78 is 12.7. The molecule has 0 spiro atoms. The zero-order chi connectivity index (χ0) is 13.3. The molecule has 0 aromatic carbocycles. The summed E-state index contributed by atoms with van der Waals surface area (Å²) in [7, 11) is 0. The van der Waals surface area contributed by atoms with Gasteiger partial charge in [0.1, 0.15) is 0 Å². The monoisotopic (exact) mass is 269 g/mol. The summed E-state index contributed by atoms with van der Waals surface area (Å²) in [4.78, 5) is 0. The Balaban J connectivity index is 1.44. The fourth-order valence-corrected chi connectivity index (χ4v) is 2.07. The van der Waals surface area contributed by atoms with Crippen molar-refractivity contribution in [3.05, 3.63) is 18.5 Å². The highest BCUT2D eigenvalue weighted by atomic mass is 16.5. The Kier molecular flexibility index (Phi) is 6.29. The molecular weight excluding hydrogens is 246 g/mol. The molecule has 1 aromatic rings. The van der Waals surface area contributed by atoms with Crippen molar-refractivity contribution in [1.82, 2.24) is 15.1 Å². The standard InChI is InChI=1S/C13H23N3O3/c17-12(10-18-11-13-3-1-8-19-13)9-14-5-7-16-6-2-4-15-16/h2,4,6,12-14,17H,1,3,5,7-11H2. The second-order valence-corrected chi connectivity index (χ2v) is 4.80. The van der Waals surface area contributed by atoms with Gasteiger partial charge in [-0.25, -0.2) is 0 Å². The number of hydrogen-bond acceptors (Lipinski definition) is 5. The molecule has 2 heterocycles. The minimum Gasteiger partial charge on any atom is -0.389 e. The molecule has 1 aliphatic rings. The summed E-state index contributed by atoms with van der Waals surface area (Å²) in [6.45, 7) is 3.90. The van der Waals surface area contributed by atoms with Crippen LogP contribution in [0.5, 0.6) is 0 Å². The van der Waals surface area contributed by atoms with E-state index in [9.17, 15) is 5.11 Å². The Hall–Kier alpha value is -0.950. The molecule has 1 fully saturated rings. The summed E-state index contributed by atoms with van der Waals surface area (Å²) in [5.74, 6) is 0. The maximum atomic E-state index is 9.73. The SMILES string of the molecule is OC(CNCCn1cccn1)COCC1CCCO1. The van der Waals surface area contributed by atoms with Gasteiger partial charge in [-0.3, -0.25) is 4.68 Å². The van der Waals surface area contributed by atoms with Crippen molar-refractivity contribution in [1.29, 1.82) is 0 Å². The minimum atomic E-state index is -0.473. The van der Waals surface area contributed by atoms with E-state index in [1.165, 1.54) is 0 Å². The lowest BCUT2D eigenvalue weighted by Crippen LogP contribution is -2.33. The molecule has 0 radical (unpaired) electrons. The number of rotatable bonds is 9. The van der Waals surface area contributed by atoms with Crippen LogP contribution in [0.2, 0.25) is 0 Å². The summed E-state index contributed by atoms with van der Waals surface area (Å²) in [5, 5.41) is 17.0. The molecule has 2 N–H and O–H groups in total. The Labute approximate surface area is 113 Å². The Morgan fingerprint density at radius 3 is 3.26 bits per heavy atom. The molecule has 1 aromatic heterocycles. The summed E-state index contributed by atoms with van der Waals surface area (Å²) in [6, 6.07) is 1.90. The molecule has 2 unspecified atom stereocenters. The van der Waals surface area contributed by atoms with E-state index in [0.29, 0.717) is 19.8 Å². The molecule has 0 aliphatic carbocycles. The molecule has 6 heteroatoms. The number of aliphatic hydroxyl groups is 1. The van der Waals surface area contributed by atoms with E-state index in [1.807, 2.05) is 16.9 Å². The average Bonchev–Trinajstić information content (AvgIpc) is 3.07. The molecule has 2 rings (SSSR count). The Morgan fingerprint density at radius 1 is 1.58 bits per heavy atom. The van der Waals surface area contributed by atoms with Gasteiger partial charge in [-0.05, 0) is 18.9 Å². The second kappa shape index (κ2) is 8.27. The van der Waals surface area contributed by atoms with Crippen molar-refractivity contribution < 1.29 is 14.6 Å². The Morgan fingerprint density at radius 2 is 2.53 bits per heavy atom. The van der Waals surface area contributed by atoms with Crippen LogP contribution >= 0.6 is 0 Å².